The number of nitrogens with zero attached hydrogens (tertiary/aromatic N) is 4. The van der Waals surface area contributed by atoms with Crippen LogP contribution >= 0.6 is 11.8 Å². The van der Waals surface area contributed by atoms with Gasteiger partial charge in [-0.15, -0.1) is 11.8 Å². The number of amides is 1. The molecule has 1 fully saturated rings. The van der Waals surface area contributed by atoms with E-state index in [0.29, 0.717) is 0 Å². The summed E-state index contributed by atoms with van der Waals surface area (Å²) in [7, 11) is 0. The smallest absolute Gasteiger partial charge is 0.246 e. The van der Waals surface area contributed by atoms with Crippen molar-refractivity contribution in [2.75, 3.05) is 18.2 Å². The third-order valence-electron chi connectivity index (χ3n) is 1.85. The largest absolute Gasteiger partial charge is 0.331 e. The predicted octanol–water partition coefficient (Wildman–Crippen LogP) is -0.189. The van der Waals surface area contributed by atoms with E-state index >= 15 is 0 Å². The van der Waals surface area contributed by atoms with Crippen molar-refractivity contribution in [1.82, 2.24) is 19.9 Å². The summed E-state index contributed by atoms with van der Waals surface area (Å²) < 4.78 is 0. The lowest BCUT2D eigenvalue weighted by molar-refractivity contribution is -0.130. The Hall–Kier alpha value is -1.04. The molecule has 0 atom stereocenters. The van der Waals surface area contributed by atoms with E-state index < -0.39 is 0 Å². The lowest BCUT2D eigenvalue weighted by Gasteiger charge is -2.13. The summed E-state index contributed by atoms with van der Waals surface area (Å²) in [6, 6.07) is 0. The van der Waals surface area contributed by atoms with E-state index in [9.17, 15) is 4.79 Å². The van der Waals surface area contributed by atoms with Crippen LogP contribution in [0.2, 0.25) is 0 Å². The van der Waals surface area contributed by atoms with Crippen LogP contribution in [0, 0.1) is 0 Å². The van der Waals surface area contributed by atoms with Crippen molar-refractivity contribution in [2.45, 2.75) is 6.54 Å². The van der Waals surface area contributed by atoms with Gasteiger partial charge in [0.1, 0.15) is 6.54 Å². The first kappa shape index (κ1) is 8.55. The standard InChI is InChI=1S/C7H10N4OS/c12-7(10-3-4-13-6-10)5-11-8-1-2-9-11/h1-2H,3-6H2. The highest BCUT2D eigenvalue weighted by molar-refractivity contribution is 7.99. The number of carbonyl (C=O) groups excluding carboxylic acids is 1. The molecule has 1 aromatic rings. The van der Waals surface area contributed by atoms with E-state index in [2.05, 4.69) is 10.2 Å². The normalized spacial score (nSPS) is 16.5. The zero-order valence-electron chi connectivity index (χ0n) is 7.09. The Morgan fingerprint density at radius 2 is 2.23 bits per heavy atom. The number of hydrogen-bond acceptors (Lipinski definition) is 4. The van der Waals surface area contributed by atoms with Gasteiger partial charge in [-0.1, -0.05) is 0 Å². The Morgan fingerprint density at radius 3 is 2.85 bits per heavy atom. The molecule has 5 nitrogen and oxygen atoms in total. The van der Waals surface area contributed by atoms with Gasteiger partial charge in [0.2, 0.25) is 5.91 Å². The molecule has 0 N–H and O–H groups in total. The number of thioether (sulfide) groups is 1. The maximum absolute atomic E-state index is 11.5. The minimum absolute atomic E-state index is 0.0983. The maximum Gasteiger partial charge on any atom is 0.246 e. The van der Waals surface area contributed by atoms with Crippen LogP contribution in [0.15, 0.2) is 12.4 Å². The van der Waals surface area contributed by atoms with E-state index in [1.807, 2.05) is 4.90 Å². The van der Waals surface area contributed by atoms with Gasteiger partial charge in [0, 0.05) is 12.3 Å². The molecule has 0 aromatic carbocycles. The van der Waals surface area contributed by atoms with Crippen LogP contribution in [0.25, 0.3) is 0 Å². The number of hydrogen-bond donors (Lipinski definition) is 0. The summed E-state index contributed by atoms with van der Waals surface area (Å²) >= 11 is 1.78. The predicted molar refractivity (Wildman–Crippen MR) is 49.1 cm³/mol. The quantitative estimate of drug-likeness (QED) is 0.661. The van der Waals surface area contributed by atoms with Crippen LogP contribution in [0.1, 0.15) is 0 Å². The lowest BCUT2D eigenvalue weighted by atomic mass is 10.5. The molecular weight excluding hydrogens is 188 g/mol. The molecule has 1 aliphatic rings. The second-order valence-corrected chi connectivity index (χ2v) is 3.83. The van der Waals surface area contributed by atoms with Crippen molar-refractivity contribution in [3.05, 3.63) is 12.4 Å². The Kier molecular flexibility index (Phi) is 2.49. The van der Waals surface area contributed by atoms with E-state index in [0.717, 1.165) is 18.2 Å². The second-order valence-electron chi connectivity index (χ2n) is 2.75. The molecule has 70 valence electrons. The van der Waals surface area contributed by atoms with Gasteiger partial charge in [0.05, 0.1) is 18.3 Å². The first-order chi connectivity index (χ1) is 6.36. The van der Waals surface area contributed by atoms with Gasteiger partial charge in [0.25, 0.3) is 0 Å². The summed E-state index contributed by atoms with van der Waals surface area (Å²) in [5.41, 5.74) is 0. The molecule has 2 heterocycles. The number of carbonyl (C=O) groups is 1. The van der Waals surface area contributed by atoms with Gasteiger partial charge in [-0.05, 0) is 0 Å². The van der Waals surface area contributed by atoms with Gasteiger partial charge in [-0.3, -0.25) is 4.79 Å². The average Bonchev–Trinajstić information content (AvgIpc) is 2.74. The average molecular weight is 198 g/mol. The fourth-order valence-corrected chi connectivity index (χ4v) is 2.13. The molecule has 0 aliphatic carbocycles. The highest BCUT2D eigenvalue weighted by atomic mass is 32.2. The van der Waals surface area contributed by atoms with Crippen LogP contribution in [0.3, 0.4) is 0 Å². The molecule has 1 amide bonds. The fourth-order valence-electron chi connectivity index (χ4n) is 1.16. The molecule has 1 saturated heterocycles. The molecule has 0 radical (unpaired) electrons. The zero-order chi connectivity index (χ0) is 9.10. The monoisotopic (exact) mass is 198 g/mol. The molecule has 1 aromatic heterocycles. The minimum atomic E-state index is 0.0983. The van der Waals surface area contributed by atoms with Crippen LogP contribution in [-0.2, 0) is 11.3 Å². The maximum atomic E-state index is 11.5. The van der Waals surface area contributed by atoms with Gasteiger partial charge in [-0.25, -0.2) is 0 Å². The Balaban J connectivity index is 1.91. The van der Waals surface area contributed by atoms with Crippen molar-refractivity contribution in [3.8, 4) is 0 Å². The highest BCUT2D eigenvalue weighted by Gasteiger charge is 2.18. The summed E-state index contributed by atoms with van der Waals surface area (Å²) in [5.74, 6) is 1.94. The van der Waals surface area contributed by atoms with Crippen molar-refractivity contribution >= 4 is 17.7 Å². The van der Waals surface area contributed by atoms with E-state index in [-0.39, 0.29) is 12.5 Å². The molecule has 1 aliphatic heterocycles. The summed E-state index contributed by atoms with van der Waals surface area (Å²) in [6.07, 6.45) is 3.15. The third-order valence-corrected chi connectivity index (χ3v) is 2.81. The SMILES string of the molecule is O=C(Cn1nccn1)N1CCSC1. The molecule has 0 spiro atoms. The zero-order valence-corrected chi connectivity index (χ0v) is 7.90. The highest BCUT2D eigenvalue weighted by Crippen LogP contribution is 2.13. The molecule has 6 heteroatoms. The summed E-state index contributed by atoms with van der Waals surface area (Å²) in [5, 5.41) is 7.76. The van der Waals surface area contributed by atoms with Gasteiger partial charge >= 0.3 is 0 Å². The van der Waals surface area contributed by atoms with Gasteiger partial charge < -0.3 is 4.90 Å². The molecule has 0 unspecified atom stereocenters. The summed E-state index contributed by atoms with van der Waals surface area (Å²) in [4.78, 5) is 14.8. The Labute approximate surface area is 80.1 Å². The van der Waals surface area contributed by atoms with Crippen LogP contribution in [0.5, 0.6) is 0 Å². The first-order valence-electron chi connectivity index (χ1n) is 4.06. The van der Waals surface area contributed by atoms with E-state index in [1.165, 1.54) is 4.80 Å². The lowest BCUT2D eigenvalue weighted by Crippen LogP contribution is -2.31. The van der Waals surface area contributed by atoms with E-state index in [1.54, 1.807) is 24.2 Å². The molecule has 13 heavy (non-hydrogen) atoms. The second kappa shape index (κ2) is 3.78. The molecule has 2 rings (SSSR count). The topological polar surface area (TPSA) is 51.0 Å². The third kappa shape index (κ3) is 2.00. The van der Waals surface area contributed by atoms with Gasteiger partial charge in [0.15, 0.2) is 0 Å². The van der Waals surface area contributed by atoms with Crippen molar-refractivity contribution < 1.29 is 4.79 Å². The summed E-state index contributed by atoms with van der Waals surface area (Å²) in [6.45, 7) is 1.11. The number of rotatable bonds is 2. The van der Waals surface area contributed by atoms with Crippen LogP contribution < -0.4 is 0 Å². The van der Waals surface area contributed by atoms with Gasteiger partial charge in [-0.2, -0.15) is 15.0 Å². The minimum Gasteiger partial charge on any atom is -0.331 e. The van der Waals surface area contributed by atoms with E-state index in [4.69, 9.17) is 0 Å². The molecular formula is C7H10N4OS. The van der Waals surface area contributed by atoms with Crippen molar-refractivity contribution in [1.29, 1.82) is 0 Å². The molecule has 0 bridgehead atoms. The van der Waals surface area contributed by atoms with Crippen LogP contribution in [0.4, 0.5) is 0 Å². The van der Waals surface area contributed by atoms with Crippen LogP contribution in [-0.4, -0.2) is 44.0 Å². The fraction of sp³-hybridized carbons (Fsp3) is 0.571. The Morgan fingerprint density at radius 1 is 1.46 bits per heavy atom. The van der Waals surface area contributed by atoms with Crippen molar-refractivity contribution in [3.63, 3.8) is 0 Å². The van der Waals surface area contributed by atoms with Crippen molar-refractivity contribution in [2.24, 2.45) is 0 Å². The first-order valence-corrected chi connectivity index (χ1v) is 5.21. The Bertz CT molecular complexity index is 281. The molecule has 0 saturated carbocycles. The number of aromatic nitrogens is 3.